The van der Waals surface area contributed by atoms with Gasteiger partial charge in [0.2, 0.25) is 0 Å². The van der Waals surface area contributed by atoms with Gasteiger partial charge in [0.15, 0.2) is 0 Å². The van der Waals surface area contributed by atoms with Gasteiger partial charge in [-0.3, -0.25) is 9.88 Å². The van der Waals surface area contributed by atoms with Crippen LogP contribution in [0.5, 0.6) is 0 Å². The summed E-state index contributed by atoms with van der Waals surface area (Å²) in [6.45, 7) is 2.98. The van der Waals surface area contributed by atoms with Gasteiger partial charge in [-0.15, -0.1) is 0 Å². The Morgan fingerprint density at radius 3 is 2.48 bits per heavy atom. The number of hydrogen-bond donors (Lipinski definition) is 1. The number of benzene rings is 1. The number of pyridine rings is 1. The Labute approximate surface area is 127 Å². The second kappa shape index (κ2) is 7.01. The highest BCUT2D eigenvalue weighted by atomic mass is 15.2. The van der Waals surface area contributed by atoms with Gasteiger partial charge >= 0.3 is 0 Å². The molecule has 1 aliphatic heterocycles. The lowest BCUT2D eigenvalue weighted by atomic mass is 9.99. The average molecular weight is 283 g/mol. The Morgan fingerprint density at radius 2 is 1.71 bits per heavy atom. The topological polar surface area (TPSA) is 42.1 Å². The molecule has 0 bridgehead atoms. The van der Waals surface area contributed by atoms with Crippen LogP contribution in [0.25, 0.3) is 10.9 Å². The molecule has 3 heteroatoms. The van der Waals surface area contributed by atoms with E-state index in [9.17, 15) is 0 Å². The highest BCUT2D eigenvalue weighted by Gasteiger charge is 2.21. The monoisotopic (exact) mass is 283 g/mol. The molecule has 0 radical (unpaired) electrons. The number of hydrogen-bond acceptors (Lipinski definition) is 3. The van der Waals surface area contributed by atoms with E-state index in [1.807, 2.05) is 12.3 Å². The lowest BCUT2D eigenvalue weighted by molar-refractivity contribution is 0.184. The van der Waals surface area contributed by atoms with Gasteiger partial charge in [0.25, 0.3) is 0 Å². The summed E-state index contributed by atoms with van der Waals surface area (Å²) in [5, 5.41) is 1.21. The van der Waals surface area contributed by atoms with Crippen LogP contribution in [0.15, 0.2) is 36.5 Å². The third-order valence-corrected chi connectivity index (χ3v) is 4.58. The van der Waals surface area contributed by atoms with Gasteiger partial charge in [-0.1, -0.05) is 43.5 Å². The zero-order chi connectivity index (χ0) is 14.5. The standard InChI is InChI=1S/C18H25N3/c19-14-17(21-12-4-2-1-3-5-13-21)16-10-6-8-15-9-7-11-20-18(15)16/h6-11,17H,1-5,12-14,19H2. The molecule has 1 aromatic carbocycles. The molecular weight excluding hydrogens is 258 g/mol. The molecule has 0 saturated carbocycles. The summed E-state index contributed by atoms with van der Waals surface area (Å²) in [5.41, 5.74) is 8.54. The maximum atomic E-state index is 6.15. The molecule has 0 amide bonds. The number of likely N-dealkylation sites (tertiary alicyclic amines) is 1. The normalized spacial score (nSPS) is 19.1. The van der Waals surface area contributed by atoms with Crippen molar-refractivity contribution < 1.29 is 0 Å². The van der Waals surface area contributed by atoms with Crippen molar-refractivity contribution in [2.24, 2.45) is 5.73 Å². The van der Waals surface area contributed by atoms with Crippen LogP contribution in [0, 0.1) is 0 Å². The van der Waals surface area contributed by atoms with Gasteiger partial charge in [-0.2, -0.15) is 0 Å². The molecule has 21 heavy (non-hydrogen) atoms. The lowest BCUT2D eigenvalue weighted by Gasteiger charge is -2.33. The number of nitrogens with zero attached hydrogens (tertiary/aromatic N) is 2. The number of para-hydroxylation sites is 1. The minimum atomic E-state index is 0.293. The van der Waals surface area contributed by atoms with Crippen LogP contribution in [0.4, 0.5) is 0 Å². The lowest BCUT2D eigenvalue weighted by Crippen LogP contribution is -2.36. The Hall–Kier alpha value is -1.45. The van der Waals surface area contributed by atoms with E-state index in [4.69, 9.17) is 5.73 Å². The summed E-state index contributed by atoms with van der Waals surface area (Å²) in [5.74, 6) is 0. The highest BCUT2D eigenvalue weighted by Crippen LogP contribution is 2.28. The van der Waals surface area contributed by atoms with Crippen molar-refractivity contribution >= 4 is 10.9 Å². The molecule has 1 atom stereocenters. The molecule has 112 valence electrons. The van der Waals surface area contributed by atoms with Gasteiger partial charge < -0.3 is 5.73 Å². The predicted molar refractivity (Wildman–Crippen MR) is 88.2 cm³/mol. The van der Waals surface area contributed by atoms with Gasteiger partial charge in [0.05, 0.1) is 5.52 Å². The van der Waals surface area contributed by atoms with E-state index in [2.05, 4.69) is 34.1 Å². The average Bonchev–Trinajstić information content (AvgIpc) is 2.50. The van der Waals surface area contributed by atoms with E-state index < -0.39 is 0 Å². The highest BCUT2D eigenvalue weighted by molar-refractivity contribution is 5.82. The second-order valence-electron chi connectivity index (χ2n) is 5.98. The van der Waals surface area contributed by atoms with Crippen LogP contribution in [-0.4, -0.2) is 29.5 Å². The zero-order valence-corrected chi connectivity index (χ0v) is 12.7. The minimum Gasteiger partial charge on any atom is -0.329 e. The first-order valence-electron chi connectivity index (χ1n) is 8.18. The smallest absolute Gasteiger partial charge is 0.0750 e. The first-order chi connectivity index (χ1) is 10.4. The molecule has 0 aliphatic carbocycles. The van der Waals surface area contributed by atoms with Crippen molar-refractivity contribution in [3.05, 3.63) is 42.1 Å². The van der Waals surface area contributed by atoms with Crippen molar-refractivity contribution in [2.45, 2.75) is 38.1 Å². The Balaban J connectivity index is 1.93. The molecule has 1 fully saturated rings. The van der Waals surface area contributed by atoms with Gasteiger partial charge in [0.1, 0.15) is 0 Å². The van der Waals surface area contributed by atoms with E-state index in [0.717, 1.165) is 18.6 Å². The summed E-state index contributed by atoms with van der Waals surface area (Å²) in [6, 6.07) is 10.9. The van der Waals surface area contributed by atoms with Crippen molar-refractivity contribution in [1.82, 2.24) is 9.88 Å². The predicted octanol–water partition coefficient (Wildman–Crippen LogP) is 3.50. The zero-order valence-electron chi connectivity index (χ0n) is 12.7. The summed E-state index contributed by atoms with van der Waals surface area (Å²) < 4.78 is 0. The molecule has 1 aliphatic rings. The van der Waals surface area contributed by atoms with E-state index in [1.54, 1.807) is 0 Å². The molecule has 1 saturated heterocycles. The van der Waals surface area contributed by atoms with Gasteiger partial charge in [0, 0.05) is 24.2 Å². The van der Waals surface area contributed by atoms with Gasteiger partial charge in [-0.25, -0.2) is 0 Å². The summed E-state index contributed by atoms with van der Waals surface area (Å²) >= 11 is 0. The first kappa shape index (κ1) is 14.5. The van der Waals surface area contributed by atoms with Crippen molar-refractivity contribution in [2.75, 3.05) is 19.6 Å². The van der Waals surface area contributed by atoms with E-state index in [-0.39, 0.29) is 0 Å². The Bertz CT molecular complexity index is 568. The fraction of sp³-hybridized carbons (Fsp3) is 0.500. The molecule has 1 unspecified atom stereocenters. The number of fused-ring (bicyclic) bond motifs is 1. The van der Waals surface area contributed by atoms with Crippen LogP contribution < -0.4 is 5.73 Å². The molecule has 1 aromatic heterocycles. The molecule has 3 nitrogen and oxygen atoms in total. The summed E-state index contributed by atoms with van der Waals surface area (Å²) in [4.78, 5) is 7.18. The molecular formula is C18H25N3. The Kier molecular flexibility index (Phi) is 4.84. The fourth-order valence-corrected chi connectivity index (χ4v) is 3.45. The van der Waals surface area contributed by atoms with Crippen LogP contribution in [0.2, 0.25) is 0 Å². The maximum absolute atomic E-state index is 6.15. The largest absolute Gasteiger partial charge is 0.329 e. The third kappa shape index (κ3) is 3.25. The van der Waals surface area contributed by atoms with E-state index >= 15 is 0 Å². The van der Waals surface area contributed by atoms with E-state index in [1.165, 1.54) is 43.1 Å². The van der Waals surface area contributed by atoms with Crippen LogP contribution in [0.3, 0.4) is 0 Å². The quantitative estimate of drug-likeness (QED) is 0.937. The van der Waals surface area contributed by atoms with Crippen molar-refractivity contribution in [3.63, 3.8) is 0 Å². The molecule has 2 N–H and O–H groups in total. The fourth-order valence-electron chi connectivity index (χ4n) is 3.45. The number of nitrogens with two attached hydrogens (primary N) is 1. The molecule has 3 rings (SSSR count). The molecule has 0 spiro atoms. The first-order valence-corrected chi connectivity index (χ1v) is 8.18. The number of rotatable bonds is 3. The van der Waals surface area contributed by atoms with Gasteiger partial charge in [-0.05, 0) is 37.6 Å². The molecule has 2 aromatic rings. The van der Waals surface area contributed by atoms with Crippen molar-refractivity contribution in [3.8, 4) is 0 Å². The Morgan fingerprint density at radius 1 is 1.00 bits per heavy atom. The van der Waals surface area contributed by atoms with Crippen LogP contribution >= 0.6 is 0 Å². The second-order valence-corrected chi connectivity index (χ2v) is 5.98. The third-order valence-electron chi connectivity index (χ3n) is 4.58. The maximum Gasteiger partial charge on any atom is 0.0750 e. The summed E-state index contributed by atoms with van der Waals surface area (Å²) in [7, 11) is 0. The number of aromatic nitrogens is 1. The van der Waals surface area contributed by atoms with Crippen LogP contribution in [0.1, 0.15) is 43.7 Å². The van der Waals surface area contributed by atoms with Crippen LogP contribution in [-0.2, 0) is 0 Å². The molecule has 2 heterocycles. The van der Waals surface area contributed by atoms with Crippen molar-refractivity contribution in [1.29, 1.82) is 0 Å². The minimum absolute atomic E-state index is 0.293. The SMILES string of the molecule is NCC(c1cccc2cccnc12)N1CCCCCCC1. The van der Waals surface area contributed by atoms with E-state index in [0.29, 0.717) is 12.6 Å². The summed E-state index contributed by atoms with van der Waals surface area (Å²) in [6.07, 6.45) is 8.54.